The van der Waals surface area contributed by atoms with Gasteiger partial charge in [0.05, 0.1) is 6.61 Å². The molecule has 2 aliphatic rings. The third-order valence-corrected chi connectivity index (χ3v) is 7.26. The van der Waals surface area contributed by atoms with Crippen LogP contribution in [0.1, 0.15) is 40.2 Å². The number of nitrogens with zero attached hydrogens (tertiary/aromatic N) is 1. The number of hydrogen-bond acceptors (Lipinski definition) is 2. The molecular formula is C28H30NOP. The Hall–Kier alpha value is -2.57. The van der Waals surface area contributed by atoms with Crippen molar-refractivity contribution in [1.29, 1.82) is 0 Å². The van der Waals surface area contributed by atoms with E-state index >= 15 is 0 Å². The molecule has 2 unspecified atom stereocenters. The summed E-state index contributed by atoms with van der Waals surface area (Å²) in [6.07, 6.45) is 5.58. The van der Waals surface area contributed by atoms with Crippen LogP contribution >= 0.6 is 9.24 Å². The number of allylic oxidation sites excluding steroid dienone is 2. The fourth-order valence-corrected chi connectivity index (χ4v) is 4.98. The molecule has 0 aliphatic carbocycles. The van der Waals surface area contributed by atoms with Crippen molar-refractivity contribution in [3.8, 4) is 5.75 Å². The summed E-state index contributed by atoms with van der Waals surface area (Å²) >= 11 is 0. The van der Waals surface area contributed by atoms with E-state index in [2.05, 4.69) is 93.9 Å². The van der Waals surface area contributed by atoms with E-state index in [9.17, 15) is 0 Å². The van der Waals surface area contributed by atoms with Crippen molar-refractivity contribution in [3.05, 3.63) is 106 Å². The highest BCUT2D eigenvalue weighted by Gasteiger charge is 2.28. The minimum absolute atomic E-state index is 0.537. The second-order valence-electron chi connectivity index (χ2n) is 8.82. The van der Waals surface area contributed by atoms with Gasteiger partial charge in [0.15, 0.2) is 0 Å². The second kappa shape index (κ2) is 8.89. The van der Waals surface area contributed by atoms with Crippen molar-refractivity contribution in [2.75, 3.05) is 13.2 Å². The Labute approximate surface area is 188 Å². The second-order valence-corrected chi connectivity index (χ2v) is 9.45. The fourth-order valence-electron chi connectivity index (χ4n) is 4.80. The van der Waals surface area contributed by atoms with Gasteiger partial charge in [-0.3, -0.25) is 0 Å². The zero-order chi connectivity index (χ0) is 21.2. The maximum Gasteiger partial charge on any atom is 0.122 e. The van der Waals surface area contributed by atoms with Crippen molar-refractivity contribution in [3.63, 3.8) is 0 Å². The highest BCUT2D eigenvalue weighted by atomic mass is 31.0. The van der Waals surface area contributed by atoms with Crippen molar-refractivity contribution in [2.24, 2.45) is 0 Å². The average Bonchev–Trinajstić information content (AvgIpc) is 3.42. The summed E-state index contributed by atoms with van der Waals surface area (Å²) in [6, 6.07) is 24.4. The first kappa shape index (κ1) is 20.3. The summed E-state index contributed by atoms with van der Waals surface area (Å²) in [4.78, 5) is 2.59. The molecule has 0 N–H and O–H groups in total. The van der Waals surface area contributed by atoms with E-state index in [1.165, 1.54) is 38.8 Å². The van der Waals surface area contributed by atoms with E-state index < -0.39 is 0 Å². The van der Waals surface area contributed by atoms with Crippen molar-refractivity contribution >= 4 is 14.5 Å². The van der Waals surface area contributed by atoms with E-state index in [0.29, 0.717) is 5.92 Å². The smallest absolute Gasteiger partial charge is 0.122 e. The summed E-state index contributed by atoms with van der Waals surface area (Å²) in [6.45, 7) is 5.05. The number of benzene rings is 3. The standard InChI is InChI=1S/C28H30NOP/c1-20-15-22(8-12-28(20)31)18-29-19-25(23-9-11-27-24(16-23)13-14-30-27)17-26(29)10-7-21-5-3-2-4-6-21/h2-6,8-12,15-16,25H,7,13-14,17-19,31H2,1H3/b26-10+. The lowest BCUT2D eigenvalue weighted by molar-refractivity contribution is 0.356. The van der Waals surface area contributed by atoms with Crippen LogP contribution in [0.2, 0.25) is 0 Å². The Kier molecular flexibility index (Phi) is 5.83. The van der Waals surface area contributed by atoms with Gasteiger partial charge >= 0.3 is 0 Å². The number of rotatable bonds is 5. The molecule has 1 fully saturated rings. The lowest BCUT2D eigenvalue weighted by Crippen LogP contribution is -2.19. The van der Waals surface area contributed by atoms with Gasteiger partial charge in [0.25, 0.3) is 0 Å². The predicted octanol–water partition coefficient (Wildman–Crippen LogP) is 5.55. The third-order valence-electron chi connectivity index (χ3n) is 6.61. The maximum atomic E-state index is 5.72. The molecule has 2 aliphatic heterocycles. The molecule has 3 aromatic rings. The van der Waals surface area contributed by atoms with E-state index in [4.69, 9.17) is 4.74 Å². The summed E-state index contributed by atoms with van der Waals surface area (Å²) in [5, 5.41) is 1.28. The summed E-state index contributed by atoms with van der Waals surface area (Å²) in [7, 11) is 2.83. The molecule has 2 nitrogen and oxygen atoms in total. The number of ether oxygens (including phenoxy) is 1. The molecule has 31 heavy (non-hydrogen) atoms. The lowest BCUT2D eigenvalue weighted by Gasteiger charge is -2.21. The minimum atomic E-state index is 0.537. The summed E-state index contributed by atoms with van der Waals surface area (Å²) < 4.78 is 5.72. The Balaban J connectivity index is 1.40. The highest BCUT2D eigenvalue weighted by molar-refractivity contribution is 7.27. The fraction of sp³-hybridized carbons (Fsp3) is 0.286. The van der Waals surface area contributed by atoms with Crippen LogP contribution in [0, 0.1) is 6.92 Å². The van der Waals surface area contributed by atoms with Crippen LogP contribution in [0.5, 0.6) is 5.75 Å². The summed E-state index contributed by atoms with van der Waals surface area (Å²) in [5.74, 6) is 1.61. The first-order chi connectivity index (χ1) is 15.2. The van der Waals surface area contributed by atoms with E-state index in [1.54, 1.807) is 0 Å². The quantitative estimate of drug-likeness (QED) is 0.495. The molecular weight excluding hydrogens is 397 g/mol. The molecule has 2 atom stereocenters. The summed E-state index contributed by atoms with van der Waals surface area (Å²) in [5.41, 5.74) is 8.39. The number of likely N-dealkylation sites (tertiary alicyclic amines) is 1. The molecule has 0 saturated carbocycles. The Morgan fingerprint density at radius 3 is 2.74 bits per heavy atom. The molecule has 5 rings (SSSR count). The molecule has 0 bridgehead atoms. The molecule has 1 saturated heterocycles. The van der Waals surface area contributed by atoms with Crippen LogP contribution in [0.4, 0.5) is 0 Å². The van der Waals surface area contributed by atoms with E-state index in [1.807, 2.05) is 0 Å². The lowest BCUT2D eigenvalue weighted by atomic mass is 9.95. The van der Waals surface area contributed by atoms with Crippen LogP contribution in [0.25, 0.3) is 0 Å². The average molecular weight is 428 g/mol. The molecule has 2 heterocycles. The van der Waals surface area contributed by atoms with Crippen molar-refractivity contribution in [1.82, 2.24) is 4.90 Å². The van der Waals surface area contributed by atoms with E-state index in [-0.39, 0.29) is 0 Å². The van der Waals surface area contributed by atoms with Gasteiger partial charge in [-0.05, 0) is 59.0 Å². The van der Waals surface area contributed by atoms with Crippen molar-refractivity contribution in [2.45, 2.75) is 38.6 Å². The molecule has 0 spiro atoms. The van der Waals surface area contributed by atoms with Gasteiger partial charge in [0, 0.05) is 31.1 Å². The normalized spacial score (nSPS) is 19.0. The number of fused-ring (bicyclic) bond motifs is 1. The first-order valence-electron chi connectivity index (χ1n) is 11.2. The SMILES string of the molecule is Cc1cc(CN2CC(c3ccc4c(c3)CCO4)C/C2=C\Cc2ccccc2)ccc1P. The van der Waals surface area contributed by atoms with Crippen LogP contribution < -0.4 is 10.0 Å². The molecule has 3 heteroatoms. The monoisotopic (exact) mass is 427 g/mol. The van der Waals surface area contributed by atoms with Gasteiger partial charge in [0.1, 0.15) is 5.75 Å². The van der Waals surface area contributed by atoms with E-state index in [0.717, 1.165) is 44.7 Å². The zero-order valence-corrected chi connectivity index (χ0v) is 19.3. The maximum absolute atomic E-state index is 5.72. The number of hydrogen-bond donors (Lipinski definition) is 0. The largest absolute Gasteiger partial charge is 0.493 e. The predicted molar refractivity (Wildman–Crippen MR) is 132 cm³/mol. The van der Waals surface area contributed by atoms with Gasteiger partial charge in [-0.15, -0.1) is 9.24 Å². The molecule has 0 amide bonds. The van der Waals surface area contributed by atoms with Gasteiger partial charge in [-0.25, -0.2) is 0 Å². The van der Waals surface area contributed by atoms with Gasteiger partial charge < -0.3 is 9.64 Å². The number of aryl methyl sites for hydroxylation is 1. The Morgan fingerprint density at radius 1 is 1.03 bits per heavy atom. The Bertz CT molecular complexity index is 1110. The van der Waals surface area contributed by atoms with Crippen LogP contribution in [0.15, 0.2) is 78.5 Å². The molecule has 0 radical (unpaired) electrons. The zero-order valence-electron chi connectivity index (χ0n) is 18.2. The van der Waals surface area contributed by atoms with Crippen LogP contribution in [0.3, 0.4) is 0 Å². The van der Waals surface area contributed by atoms with Gasteiger partial charge in [-0.2, -0.15) is 0 Å². The third kappa shape index (κ3) is 4.55. The van der Waals surface area contributed by atoms with Crippen LogP contribution in [-0.2, 0) is 19.4 Å². The highest BCUT2D eigenvalue weighted by Crippen LogP contribution is 2.38. The topological polar surface area (TPSA) is 12.5 Å². The first-order valence-corrected chi connectivity index (χ1v) is 11.8. The van der Waals surface area contributed by atoms with Gasteiger partial charge in [0.2, 0.25) is 0 Å². The molecule has 0 aromatic heterocycles. The van der Waals surface area contributed by atoms with Crippen LogP contribution in [-0.4, -0.2) is 18.1 Å². The molecule has 3 aromatic carbocycles. The van der Waals surface area contributed by atoms with Gasteiger partial charge in [-0.1, -0.05) is 66.7 Å². The Morgan fingerprint density at radius 2 is 1.90 bits per heavy atom. The molecule has 158 valence electrons. The van der Waals surface area contributed by atoms with Crippen molar-refractivity contribution < 1.29 is 4.74 Å². The minimum Gasteiger partial charge on any atom is -0.493 e.